The molecule has 0 fully saturated rings. The van der Waals surface area contributed by atoms with Gasteiger partial charge >= 0.3 is 5.97 Å². The first kappa shape index (κ1) is 20.1. The lowest BCUT2D eigenvalue weighted by atomic mass is 9.96. The molecule has 0 aromatic heterocycles. The van der Waals surface area contributed by atoms with Gasteiger partial charge in [0.1, 0.15) is 6.61 Å². The monoisotopic (exact) mass is 314 g/mol. The van der Waals surface area contributed by atoms with Gasteiger partial charge in [0.2, 0.25) is 12.3 Å². The van der Waals surface area contributed by atoms with Gasteiger partial charge in [0.05, 0.1) is 18.6 Å². The van der Waals surface area contributed by atoms with Gasteiger partial charge in [-0.25, -0.2) is 0 Å². The minimum Gasteiger partial charge on any atom is -0.462 e. The number of hydrogen-bond acceptors (Lipinski definition) is 5. The lowest BCUT2D eigenvalue weighted by Crippen LogP contribution is -2.45. The van der Waals surface area contributed by atoms with Gasteiger partial charge in [-0.2, -0.15) is 0 Å². The zero-order valence-corrected chi connectivity index (χ0v) is 13.4. The van der Waals surface area contributed by atoms with E-state index in [2.05, 4.69) is 10.6 Å². The number of carbonyl (C=O) groups is 3. The number of aliphatic hydroxyl groups excluding tert-OH is 1. The summed E-state index contributed by atoms with van der Waals surface area (Å²) in [5, 5.41) is 15.2. The summed E-state index contributed by atoms with van der Waals surface area (Å²) in [7, 11) is 0. The molecule has 0 saturated heterocycles. The lowest BCUT2D eigenvalue weighted by molar-refractivity contribution is -0.139. The van der Waals surface area contributed by atoms with Crippen LogP contribution in [-0.4, -0.2) is 48.7 Å². The second kappa shape index (κ2) is 11.7. The Balaban J connectivity index is 3.93. The first-order valence-corrected chi connectivity index (χ1v) is 7.31. The van der Waals surface area contributed by atoms with E-state index in [0.717, 1.165) is 0 Å². The van der Waals surface area contributed by atoms with Crippen molar-refractivity contribution in [2.24, 2.45) is 5.92 Å². The van der Waals surface area contributed by atoms with Crippen molar-refractivity contribution in [2.75, 3.05) is 13.2 Å². The molecule has 0 aliphatic carbocycles. The third kappa shape index (κ3) is 9.93. The smallest absolute Gasteiger partial charge is 0.302 e. The second-order valence-corrected chi connectivity index (χ2v) is 5.24. The largest absolute Gasteiger partial charge is 0.462 e. The predicted molar refractivity (Wildman–Crippen MR) is 81.8 cm³/mol. The number of amides is 2. The van der Waals surface area contributed by atoms with Crippen molar-refractivity contribution in [2.45, 2.75) is 45.8 Å². The highest BCUT2D eigenvalue weighted by atomic mass is 16.5. The Bertz CT molecular complexity index is 382. The molecule has 0 aromatic rings. The molecule has 0 rings (SSSR count). The molecule has 0 aliphatic rings. The highest BCUT2D eigenvalue weighted by Gasteiger charge is 2.24. The van der Waals surface area contributed by atoms with Crippen LogP contribution < -0.4 is 10.6 Å². The molecule has 3 N–H and O–H groups in total. The topological polar surface area (TPSA) is 105 Å². The third-order valence-corrected chi connectivity index (χ3v) is 2.97. The van der Waals surface area contributed by atoms with E-state index in [-0.39, 0.29) is 30.8 Å². The summed E-state index contributed by atoms with van der Waals surface area (Å²) < 4.78 is 4.71. The number of ether oxygens (including phenoxy) is 1. The normalized spacial score (nSPS) is 13.7. The highest BCUT2D eigenvalue weighted by molar-refractivity contribution is 5.76. The summed E-state index contributed by atoms with van der Waals surface area (Å²) in [5.41, 5.74) is 0. The van der Waals surface area contributed by atoms with Crippen molar-refractivity contribution in [3.8, 4) is 0 Å². The van der Waals surface area contributed by atoms with Crippen LogP contribution >= 0.6 is 0 Å². The molecule has 2 amide bonds. The summed E-state index contributed by atoms with van der Waals surface area (Å²) in [5.74, 6) is -0.591. The highest BCUT2D eigenvalue weighted by Crippen LogP contribution is 2.09. The Kier molecular flexibility index (Phi) is 10.7. The van der Waals surface area contributed by atoms with Crippen LogP contribution in [0.15, 0.2) is 12.2 Å². The second-order valence-electron chi connectivity index (χ2n) is 5.24. The van der Waals surface area contributed by atoms with Gasteiger partial charge in [-0.3, -0.25) is 14.4 Å². The number of aliphatic hydroxyl groups is 1. The predicted octanol–water partition coefficient (Wildman–Crippen LogP) is 0.134. The van der Waals surface area contributed by atoms with Crippen molar-refractivity contribution in [1.82, 2.24) is 10.6 Å². The van der Waals surface area contributed by atoms with Crippen molar-refractivity contribution in [1.29, 1.82) is 0 Å². The third-order valence-electron chi connectivity index (χ3n) is 2.97. The minimum atomic E-state index is -0.926. The van der Waals surface area contributed by atoms with Gasteiger partial charge in [0, 0.05) is 13.5 Å². The van der Waals surface area contributed by atoms with Crippen LogP contribution in [-0.2, 0) is 19.1 Å². The minimum absolute atomic E-state index is 0.0252. The number of nitrogens with one attached hydrogen (secondary N) is 2. The van der Waals surface area contributed by atoms with E-state index in [9.17, 15) is 19.5 Å². The molecule has 22 heavy (non-hydrogen) atoms. The summed E-state index contributed by atoms with van der Waals surface area (Å²) in [6, 6.07) is -0.452. The number of rotatable bonds is 11. The number of esters is 1. The average molecular weight is 314 g/mol. The molecule has 0 bridgehead atoms. The van der Waals surface area contributed by atoms with Crippen LogP contribution in [0.5, 0.6) is 0 Å². The van der Waals surface area contributed by atoms with Crippen molar-refractivity contribution in [3.63, 3.8) is 0 Å². The molecule has 0 spiro atoms. The van der Waals surface area contributed by atoms with E-state index in [4.69, 9.17) is 4.74 Å². The summed E-state index contributed by atoms with van der Waals surface area (Å²) in [6.45, 7) is 5.70. The van der Waals surface area contributed by atoms with Gasteiger partial charge in [-0.1, -0.05) is 26.0 Å². The fourth-order valence-electron chi connectivity index (χ4n) is 1.86. The summed E-state index contributed by atoms with van der Waals surface area (Å²) in [6.07, 6.45) is 3.63. The van der Waals surface area contributed by atoms with E-state index in [0.29, 0.717) is 19.4 Å². The van der Waals surface area contributed by atoms with Gasteiger partial charge < -0.3 is 20.5 Å². The van der Waals surface area contributed by atoms with E-state index < -0.39 is 12.1 Å². The summed E-state index contributed by atoms with van der Waals surface area (Å²) in [4.78, 5) is 32.7. The Morgan fingerprint density at radius 3 is 2.50 bits per heavy atom. The first-order chi connectivity index (χ1) is 10.4. The van der Waals surface area contributed by atoms with Gasteiger partial charge in [0.15, 0.2) is 0 Å². The van der Waals surface area contributed by atoms with E-state index in [1.807, 2.05) is 13.8 Å². The average Bonchev–Trinajstić information content (AvgIpc) is 2.42. The Morgan fingerprint density at radius 1 is 1.27 bits per heavy atom. The van der Waals surface area contributed by atoms with E-state index in [1.165, 1.54) is 6.92 Å². The molecule has 0 aromatic carbocycles. The molecular formula is C15H26N2O5. The quantitative estimate of drug-likeness (QED) is 0.218. The molecule has 2 unspecified atom stereocenters. The fraction of sp³-hybridized carbons (Fsp3) is 0.667. The zero-order valence-electron chi connectivity index (χ0n) is 13.4. The molecule has 0 aliphatic heterocycles. The van der Waals surface area contributed by atoms with E-state index in [1.54, 1.807) is 12.2 Å². The first-order valence-electron chi connectivity index (χ1n) is 7.31. The summed E-state index contributed by atoms with van der Waals surface area (Å²) >= 11 is 0. The Morgan fingerprint density at radius 2 is 1.95 bits per heavy atom. The Labute approximate surface area is 131 Å². The maximum atomic E-state index is 11.7. The van der Waals surface area contributed by atoms with Crippen LogP contribution in [0.4, 0.5) is 0 Å². The van der Waals surface area contributed by atoms with Gasteiger partial charge in [0.25, 0.3) is 0 Å². The Hall–Kier alpha value is -1.89. The van der Waals surface area contributed by atoms with E-state index >= 15 is 0 Å². The molecule has 7 nitrogen and oxygen atoms in total. The molecule has 0 heterocycles. The zero-order chi connectivity index (χ0) is 17.0. The standard InChI is InChI=1S/C15H26N2O5/c1-11(2)15(17-10-18)13(20)9-14(21)16-7-5-4-6-8-22-12(3)19/h4,6,10-11,13,15,20H,5,7-9H2,1-3H3,(H,16,21)(H,17,18)/b6-4+. The fourth-order valence-corrected chi connectivity index (χ4v) is 1.86. The van der Waals surface area contributed by atoms with Crippen LogP contribution in [0, 0.1) is 5.92 Å². The van der Waals surface area contributed by atoms with Crippen molar-refractivity contribution < 1.29 is 24.2 Å². The molecule has 2 atom stereocenters. The SMILES string of the molecule is CC(=O)OC/C=C/CCNC(=O)CC(O)C(NC=O)C(C)C. The number of hydrogen-bond donors (Lipinski definition) is 3. The van der Waals surface area contributed by atoms with Crippen molar-refractivity contribution in [3.05, 3.63) is 12.2 Å². The van der Waals surface area contributed by atoms with Crippen LogP contribution in [0.3, 0.4) is 0 Å². The van der Waals surface area contributed by atoms with Crippen LogP contribution in [0.2, 0.25) is 0 Å². The van der Waals surface area contributed by atoms with Gasteiger partial charge in [-0.05, 0) is 12.3 Å². The van der Waals surface area contributed by atoms with Crippen LogP contribution in [0.1, 0.15) is 33.6 Å². The molecule has 0 saturated carbocycles. The maximum Gasteiger partial charge on any atom is 0.302 e. The molecule has 0 radical (unpaired) electrons. The maximum absolute atomic E-state index is 11.7. The molecular weight excluding hydrogens is 288 g/mol. The van der Waals surface area contributed by atoms with Gasteiger partial charge in [-0.15, -0.1) is 0 Å². The number of carbonyl (C=O) groups excluding carboxylic acids is 3. The van der Waals surface area contributed by atoms with Crippen LogP contribution in [0.25, 0.3) is 0 Å². The van der Waals surface area contributed by atoms with Crippen molar-refractivity contribution >= 4 is 18.3 Å². The lowest BCUT2D eigenvalue weighted by Gasteiger charge is -2.25. The molecule has 126 valence electrons. The molecule has 7 heteroatoms.